The van der Waals surface area contributed by atoms with Crippen molar-refractivity contribution in [2.45, 2.75) is 31.9 Å². The van der Waals surface area contributed by atoms with E-state index in [0.29, 0.717) is 6.61 Å². The second-order valence-corrected chi connectivity index (χ2v) is 5.17. The van der Waals surface area contributed by atoms with E-state index in [9.17, 15) is 0 Å². The van der Waals surface area contributed by atoms with Crippen LogP contribution in [-0.4, -0.2) is 9.78 Å². The maximum Gasteiger partial charge on any atom is 0.120 e. The second-order valence-electron chi connectivity index (χ2n) is 5.17. The van der Waals surface area contributed by atoms with Crippen LogP contribution < -0.4 is 10.5 Å². The van der Waals surface area contributed by atoms with Crippen LogP contribution in [0.5, 0.6) is 5.75 Å². The highest BCUT2D eigenvalue weighted by molar-refractivity contribution is 5.39. The molecule has 0 fully saturated rings. The van der Waals surface area contributed by atoms with Gasteiger partial charge in [0.15, 0.2) is 0 Å². The molecule has 0 radical (unpaired) electrons. The van der Waals surface area contributed by atoms with Gasteiger partial charge in [-0.05, 0) is 42.5 Å². The average molecular weight is 257 g/mol. The second kappa shape index (κ2) is 5.05. The molecule has 1 aliphatic carbocycles. The summed E-state index contributed by atoms with van der Waals surface area (Å²) < 4.78 is 7.59. The van der Waals surface area contributed by atoms with Crippen molar-refractivity contribution in [3.05, 3.63) is 47.3 Å². The van der Waals surface area contributed by atoms with E-state index in [4.69, 9.17) is 10.5 Å². The van der Waals surface area contributed by atoms with Crippen molar-refractivity contribution in [3.63, 3.8) is 0 Å². The topological polar surface area (TPSA) is 53.1 Å². The maximum absolute atomic E-state index is 6.16. The first-order valence-electron chi connectivity index (χ1n) is 6.71. The van der Waals surface area contributed by atoms with E-state index in [2.05, 4.69) is 17.2 Å². The molecule has 0 saturated carbocycles. The highest BCUT2D eigenvalue weighted by atomic mass is 16.5. The molecule has 0 saturated heterocycles. The number of nitrogens with zero attached hydrogens (tertiary/aromatic N) is 2. The third kappa shape index (κ3) is 2.63. The van der Waals surface area contributed by atoms with Crippen molar-refractivity contribution >= 4 is 0 Å². The summed E-state index contributed by atoms with van der Waals surface area (Å²) in [5.74, 6) is 0.889. The molecule has 2 aromatic rings. The first kappa shape index (κ1) is 12.2. The Kier molecular flexibility index (Phi) is 3.25. The predicted molar refractivity (Wildman–Crippen MR) is 73.8 cm³/mol. The predicted octanol–water partition coefficient (Wildman–Crippen LogP) is 2.34. The Balaban J connectivity index is 1.73. The number of ether oxygens (including phenoxy) is 1. The summed E-state index contributed by atoms with van der Waals surface area (Å²) in [5, 5.41) is 4.13. The lowest BCUT2D eigenvalue weighted by Gasteiger charge is -2.22. The third-order valence-electron chi connectivity index (χ3n) is 3.64. The molecule has 3 rings (SSSR count). The first-order chi connectivity index (χ1) is 9.22. The summed E-state index contributed by atoms with van der Waals surface area (Å²) in [5.41, 5.74) is 9.84. The van der Waals surface area contributed by atoms with Crippen molar-refractivity contribution in [2.24, 2.45) is 12.8 Å². The van der Waals surface area contributed by atoms with Gasteiger partial charge in [-0.3, -0.25) is 4.68 Å². The minimum absolute atomic E-state index is 0.158. The molecule has 1 heterocycles. The van der Waals surface area contributed by atoms with Crippen molar-refractivity contribution in [1.29, 1.82) is 0 Å². The summed E-state index contributed by atoms with van der Waals surface area (Å²) in [4.78, 5) is 0. The monoisotopic (exact) mass is 257 g/mol. The van der Waals surface area contributed by atoms with Gasteiger partial charge in [-0.1, -0.05) is 6.07 Å². The number of nitrogens with two attached hydrogens (primary N) is 1. The van der Waals surface area contributed by atoms with E-state index >= 15 is 0 Å². The van der Waals surface area contributed by atoms with E-state index in [0.717, 1.165) is 24.2 Å². The lowest BCUT2D eigenvalue weighted by molar-refractivity contribution is 0.305. The fourth-order valence-corrected chi connectivity index (χ4v) is 2.62. The molecule has 100 valence electrons. The van der Waals surface area contributed by atoms with E-state index < -0.39 is 0 Å². The normalized spacial score (nSPS) is 18.1. The van der Waals surface area contributed by atoms with Crippen LogP contribution in [0.25, 0.3) is 0 Å². The van der Waals surface area contributed by atoms with Crippen LogP contribution in [0.1, 0.15) is 35.6 Å². The fourth-order valence-electron chi connectivity index (χ4n) is 2.62. The van der Waals surface area contributed by atoms with Crippen LogP contribution >= 0.6 is 0 Å². The number of aromatic nitrogens is 2. The van der Waals surface area contributed by atoms with Crippen LogP contribution in [0.4, 0.5) is 0 Å². The van der Waals surface area contributed by atoms with Crippen LogP contribution in [0, 0.1) is 0 Å². The van der Waals surface area contributed by atoms with Gasteiger partial charge in [0, 0.05) is 24.8 Å². The first-order valence-corrected chi connectivity index (χ1v) is 6.71. The Hall–Kier alpha value is -1.81. The molecule has 4 nitrogen and oxygen atoms in total. The van der Waals surface area contributed by atoms with Gasteiger partial charge in [0.05, 0.1) is 6.20 Å². The molecule has 0 aliphatic heterocycles. The molecular formula is C15H19N3O. The minimum atomic E-state index is 0.158. The van der Waals surface area contributed by atoms with Crippen LogP contribution in [-0.2, 0) is 20.1 Å². The zero-order chi connectivity index (χ0) is 13.2. The van der Waals surface area contributed by atoms with Gasteiger partial charge < -0.3 is 10.5 Å². The van der Waals surface area contributed by atoms with Crippen LogP contribution in [0.3, 0.4) is 0 Å². The molecule has 0 spiro atoms. The van der Waals surface area contributed by atoms with Crippen molar-refractivity contribution in [2.75, 3.05) is 0 Å². The van der Waals surface area contributed by atoms with E-state index in [-0.39, 0.29) is 6.04 Å². The zero-order valence-electron chi connectivity index (χ0n) is 11.2. The summed E-state index contributed by atoms with van der Waals surface area (Å²) in [6, 6.07) is 6.43. The summed E-state index contributed by atoms with van der Waals surface area (Å²) in [6.45, 7) is 0.544. The van der Waals surface area contributed by atoms with Crippen molar-refractivity contribution in [3.8, 4) is 5.75 Å². The van der Waals surface area contributed by atoms with E-state index in [1.54, 1.807) is 4.68 Å². The molecule has 0 amide bonds. The standard InChI is InChI=1S/C15H19N3O/c1-18-9-11(8-17-18)10-19-13-6-5-12-3-2-4-15(16)14(12)7-13/h5-9,15H,2-4,10,16H2,1H3. The Labute approximate surface area is 113 Å². The molecule has 4 heteroatoms. The number of hydrogen-bond acceptors (Lipinski definition) is 3. The quantitative estimate of drug-likeness (QED) is 0.918. The summed E-state index contributed by atoms with van der Waals surface area (Å²) >= 11 is 0. The zero-order valence-corrected chi connectivity index (χ0v) is 11.2. The molecule has 0 bridgehead atoms. The molecule has 1 aromatic heterocycles. The number of hydrogen-bond donors (Lipinski definition) is 1. The smallest absolute Gasteiger partial charge is 0.120 e. The summed E-state index contributed by atoms with van der Waals surface area (Å²) in [7, 11) is 1.90. The molecule has 1 aliphatic rings. The Morgan fingerprint density at radius 1 is 1.47 bits per heavy atom. The van der Waals surface area contributed by atoms with E-state index in [1.807, 2.05) is 25.5 Å². The Morgan fingerprint density at radius 3 is 3.16 bits per heavy atom. The van der Waals surface area contributed by atoms with Gasteiger partial charge >= 0.3 is 0 Å². The van der Waals surface area contributed by atoms with Gasteiger partial charge in [0.1, 0.15) is 12.4 Å². The number of aryl methyl sites for hydroxylation is 2. The third-order valence-corrected chi connectivity index (χ3v) is 3.64. The minimum Gasteiger partial charge on any atom is -0.489 e. The van der Waals surface area contributed by atoms with Crippen LogP contribution in [0.15, 0.2) is 30.6 Å². The van der Waals surface area contributed by atoms with Crippen molar-refractivity contribution < 1.29 is 4.74 Å². The average Bonchev–Trinajstić information content (AvgIpc) is 2.83. The van der Waals surface area contributed by atoms with Gasteiger partial charge in [-0.2, -0.15) is 5.10 Å². The molecule has 2 N–H and O–H groups in total. The Morgan fingerprint density at radius 2 is 2.37 bits per heavy atom. The van der Waals surface area contributed by atoms with Crippen LogP contribution in [0.2, 0.25) is 0 Å². The summed E-state index contributed by atoms with van der Waals surface area (Å²) in [6.07, 6.45) is 7.17. The number of rotatable bonds is 3. The van der Waals surface area contributed by atoms with Gasteiger partial charge in [0.2, 0.25) is 0 Å². The molecule has 1 unspecified atom stereocenters. The largest absolute Gasteiger partial charge is 0.489 e. The number of benzene rings is 1. The van der Waals surface area contributed by atoms with Gasteiger partial charge in [-0.25, -0.2) is 0 Å². The highest BCUT2D eigenvalue weighted by Gasteiger charge is 2.17. The van der Waals surface area contributed by atoms with Gasteiger partial charge in [-0.15, -0.1) is 0 Å². The molecule has 1 atom stereocenters. The number of fused-ring (bicyclic) bond motifs is 1. The SMILES string of the molecule is Cn1cc(COc2ccc3c(c2)C(N)CCC3)cn1. The van der Waals surface area contributed by atoms with E-state index in [1.165, 1.54) is 17.5 Å². The lowest BCUT2D eigenvalue weighted by atomic mass is 9.88. The fraction of sp³-hybridized carbons (Fsp3) is 0.400. The lowest BCUT2D eigenvalue weighted by Crippen LogP contribution is -2.17. The van der Waals surface area contributed by atoms with Gasteiger partial charge in [0.25, 0.3) is 0 Å². The maximum atomic E-state index is 6.16. The highest BCUT2D eigenvalue weighted by Crippen LogP contribution is 2.31. The Bertz CT molecular complexity index is 577. The molecule has 19 heavy (non-hydrogen) atoms. The molecular weight excluding hydrogens is 238 g/mol. The van der Waals surface area contributed by atoms with Crippen molar-refractivity contribution in [1.82, 2.24) is 9.78 Å². The molecule has 1 aromatic carbocycles.